The largest absolute Gasteiger partial charge is 0.459 e. The molecule has 0 heterocycles. The average molecular weight is 340 g/mol. The van der Waals surface area contributed by atoms with Gasteiger partial charge in [-0.15, -0.1) is 0 Å². The predicted octanol–water partition coefficient (Wildman–Crippen LogP) is 3.63. The van der Waals surface area contributed by atoms with Crippen LogP contribution in [0.15, 0.2) is 28.7 Å². The first kappa shape index (κ1) is 15.5. The van der Waals surface area contributed by atoms with Gasteiger partial charge in [0, 0.05) is 10.5 Å². The summed E-state index contributed by atoms with van der Waals surface area (Å²) in [6, 6.07) is 8.92. The molecule has 20 heavy (non-hydrogen) atoms. The van der Waals surface area contributed by atoms with Crippen LogP contribution in [-0.2, 0) is 9.53 Å². The van der Waals surface area contributed by atoms with Gasteiger partial charge in [-0.25, -0.2) is 0 Å². The van der Waals surface area contributed by atoms with Crippen molar-refractivity contribution in [2.75, 3.05) is 6.54 Å². The molecule has 0 amide bonds. The molecule has 1 aliphatic carbocycles. The van der Waals surface area contributed by atoms with Gasteiger partial charge >= 0.3 is 5.97 Å². The number of rotatable bonds is 4. The minimum absolute atomic E-state index is 0.176. The van der Waals surface area contributed by atoms with E-state index in [1.165, 1.54) is 5.56 Å². The molecular formula is C16H22BrNO2. The molecule has 1 aromatic rings. The summed E-state index contributed by atoms with van der Waals surface area (Å²) in [5.41, 5.74) is 0.974. The van der Waals surface area contributed by atoms with Crippen molar-refractivity contribution < 1.29 is 9.53 Å². The molecule has 110 valence electrons. The summed E-state index contributed by atoms with van der Waals surface area (Å²) in [7, 11) is 0. The number of carbonyl (C=O) groups is 1. The van der Waals surface area contributed by atoms with Gasteiger partial charge in [0.05, 0.1) is 6.54 Å². The fraction of sp³-hybridized carbons (Fsp3) is 0.562. The molecule has 1 saturated carbocycles. The summed E-state index contributed by atoms with van der Waals surface area (Å²) < 4.78 is 6.39. The number of esters is 1. The number of hydrogen-bond donors (Lipinski definition) is 1. The van der Waals surface area contributed by atoms with Crippen LogP contribution in [0.3, 0.4) is 0 Å². The molecule has 1 N–H and O–H groups in total. The molecule has 0 radical (unpaired) electrons. The molecular weight excluding hydrogens is 318 g/mol. The summed E-state index contributed by atoms with van der Waals surface area (Å²) >= 11 is 3.45. The molecule has 4 heteroatoms. The van der Waals surface area contributed by atoms with Gasteiger partial charge in [0.25, 0.3) is 0 Å². The average Bonchev–Trinajstić information content (AvgIpc) is 2.27. The number of carbonyl (C=O) groups excluding carboxylic acids is 1. The second-order valence-electron chi connectivity index (χ2n) is 6.38. The van der Waals surface area contributed by atoms with Crippen molar-refractivity contribution in [2.45, 2.75) is 51.2 Å². The van der Waals surface area contributed by atoms with E-state index in [0.717, 1.165) is 17.3 Å². The van der Waals surface area contributed by atoms with Gasteiger partial charge in [0.15, 0.2) is 0 Å². The smallest absolute Gasteiger partial charge is 0.320 e. The molecule has 2 rings (SSSR count). The zero-order valence-electron chi connectivity index (χ0n) is 12.3. The van der Waals surface area contributed by atoms with E-state index in [0.29, 0.717) is 18.5 Å². The minimum atomic E-state index is -0.404. The Morgan fingerprint density at radius 2 is 1.90 bits per heavy atom. The Bertz CT molecular complexity index is 458. The van der Waals surface area contributed by atoms with Gasteiger partial charge in [0.2, 0.25) is 0 Å². The number of hydrogen-bond acceptors (Lipinski definition) is 3. The molecule has 3 nitrogen and oxygen atoms in total. The van der Waals surface area contributed by atoms with E-state index in [9.17, 15) is 4.79 Å². The Hall–Kier alpha value is -0.870. The van der Waals surface area contributed by atoms with Gasteiger partial charge in [0.1, 0.15) is 5.60 Å². The standard InChI is InChI=1S/C16H22BrNO2/c1-16(2,3)20-15(19)10-18-14-8-12(9-14)11-4-6-13(17)7-5-11/h4-7,12,14,18H,8-10H2,1-3H3. The van der Waals surface area contributed by atoms with Crippen molar-refractivity contribution in [3.05, 3.63) is 34.3 Å². The second kappa shape index (κ2) is 6.27. The minimum Gasteiger partial charge on any atom is -0.459 e. The van der Waals surface area contributed by atoms with E-state index >= 15 is 0 Å². The Morgan fingerprint density at radius 1 is 1.30 bits per heavy atom. The zero-order valence-corrected chi connectivity index (χ0v) is 13.9. The van der Waals surface area contributed by atoms with Crippen LogP contribution in [0.4, 0.5) is 0 Å². The molecule has 0 saturated heterocycles. The van der Waals surface area contributed by atoms with Crippen LogP contribution in [0.2, 0.25) is 0 Å². The Labute approximate surface area is 129 Å². The molecule has 0 atom stereocenters. The summed E-state index contributed by atoms with van der Waals surface area (Å²) in [6.45, 7) is 5.96. The van der Waals surface area contributed by atoms with Crippen LogP contribution in [0.1, 0.15) is 45.1 Å². The molecule has 0 unspecified atom stereocenters. The van der Waals surface area contributed by atoms with Crippen molar-refractivity contribution in [1.29, 1.82) is 0 Å². The molecule has 0 aliphatic heterocycles. The van der Waals surface area contributed by atoms with E-state index in [4.69, 9.17) is 4.74 Å². The van der Waals surface area contributed by atoms with Gasteiger partial charge in [-0.2, -0.15) is 0 Å². The highest BCUT2D eigenvalue weighted by atomic mass is 79.9. The molecule has 1 fully saturated rings. The van der Waals surface area contributed by atoms with Crippen molar-refractivity contribution in [3.63, 3.8) is 0 Å². The summed E-state index contributed by atoms with van der Waals surface area (Å²) in [6.07, 6.45) is 2.18. The lowest BCUT2D eigenvalue weighted by atomic mass is 9.76. The Kier molecular flexibility index (Phi) is 4.86. The van der Waals surface area contributed by atoms with Crippen LogP contribution >= 0.6 is 15.9 Å². The van der Waals surface area contributed by atoms with Crippen molar-refractivity contribution in [2.24, 2.45) is 0 Å². The monoisotopic (exact) mass is 339 g/mol. The first-order chi connectivity index (χ1) is 9.33. The van der Waals surface area contributed by atoms with Gasteiger partial charge in [-0.05, 0) is 57.2 Å². The third kappa shape index (κ3) is 4.60. The van der Waals surface area contributed by atoms with Gasteiger partial charge in [-0.1, -0.05) is 28.1 Å². The van der Waals surface area contributed by atoms with Gasteiger partial charge in [-0.3, -0.25) is 4.79 Å². The third-order valence-electron chi connectivity index (χ3n) is 3.43. The zero-order chi connectivity index (χ0) is 14.8. The van der Waals surface area contributed by atoms with E-state index in [-0.39, 0.29) is 5.97 Å². The maximum atomic E-state index is 11.6. The Balaban J connectivity index is 1.69. The van der Waals surface area contributed by atoms with E-state index < -0.39 is 5.60 Å². The van der Waals surface area contributed by atoms with Gasteiger partial charge < -0.3 is 10.1 Å². The highest BCUT2D eigenvalue weighted by molar-refractivity contribution is 9.10. The highest BCUT2D eigenvalue weighted by Crippen LogP contribution is 2.37. The maximum absolute atomic E-state index is 11.6. The van der Waals surface area contributed by atoms with Crippen LogP contribution < -0.4 is 5.32 Å². The maximum Gasteiger partial charge on any atom is 0.320 e. The summed E-state index contributed by atoms with van der Waals surface area (Å²) in [5.74, 6) is 0.434. The van der Waals surface area contributed by atoms with Crippen LogP contribution in [0.25, 0.3) is 0 Å². The fourth-order valence-corrected chi connectivity index (χ4v) is 2.66. The molecule has 1 aromatic carbocycles. The van der Waals surface area contributed by atoms with Crippen molar-refractivity contribution in [1.82, 2.24) is 5.32 Å². The molecule has 0 bridgehead atoms. The lowest BCUT2D eigenvalue weighted by Gasteiger charge is -2.36. The first-order valence-corrected chi connectivity index (χ1v) is 7.83. The number of nitrogens with one attached hydrogen (secondary N) is 1. The van der Waals surface area contributed by atoms with E-state index in [1.807, 2.05) is 20.8 Å². The fourth-order valence-electron chi connectivity index (χ4n) is 2.40. The Morgan fingerprint density at radius 3 is 2.45 bits per heavy atom. The van der Waals surface area contributed by atoms with Crippen LogP contribution in [0, 0.1) is 0 Å². The van der Waals surface area contributed by atoms with Crippen LogP contribution in [0.5, 0.6) is 0 Å². The van der Waals surface area contributed by atoms with E-state index in [1.54, 1.807) is 0 Å². The molecule has 1 aliphatic rings. The van der Waals surface area contributed by atoms with Crippen molar-refractivity contribution >= 4 is 21.9 Å². The third-order valence-corrected chi connectivity index (χ3v) is 3.96. The predicted molar refractivity (Wildman–Crippen MR) is 83.8 cm³/mol. The summed E-state index contributed by atoms with van der Waals surface area (Å²) in [5, 5.41) is 3.27. The highest BCUT2D eigenvalue weighted by Gasteiger charge is 2.30. The lowest BCUT2D eigenvalue weighted by Crippen LogP contribution is -2.43. The molecule has 0 aromatic heterocycles. The summed E-state index contributed by atoms with van der Waals surface area (Å²) in [4.78, 5) is 11.6. The number of halogens is 1. The molecule has 0 spiro atoms. The number of benzene rings is 1. The van der Waals surface area contributed by atoms with E-state index in [2.05, 4.69) is 45.5 Å². The van der Waals surface area contributed by atoms with Crippen molar-refractivity contribution in [3.8, 4) is 0 Å². The topological polar surface area (TPSA) is 38.3 Å². The normalized spacial score (nSPS) is 22.2. The lowest BCUT2D eigenvalue weighted by molar-refractivity contribution is -0.153. The SMILES string of the molecule is CC(C)(C)OC(=O)CNC1CC(c2ccc(Br)cc2)C1. The quantitative estimate of drug-likeness (QED) is 0.851. The second-order valence-corrected chi connectivity index (χ2v) is 7.30. The first-order valence-electron chi connectivity index (χ1n) is 7.04. The number of ether oxygens (including phenoxy) is 1. The van der Waals surface area contributed by atoms with Crippen LogP contribution in [-0.4, -0.2) is 24.2 Å².